The highest BCUT2D eigenvalue weighted by atomic mass is 35.5. The second-order valence-corrected chi connectivity index (χ2v) is 8.64. The van der Waals surface area contributed by atoms with E-state index in [0.717, 1.165) is 17.2 Å². The zero-order valence-corrected chi connectivity index (χ0v) is 16.3. The lowest BCUT2D eigenvalue weighted by molar-refractivity contribution is 0.0907. The number of carbonyl (C=O) groups is 1. The molecule has 7 nitrogen and oxygen atoms in total. The van der Waals surface area contributed by atoms with Gasteiger partial charge in [-0.1, -0.05) is 17.7 Å². The lowest BCUT2D eigenvalue weighted by Crippen LogP contribution is -2.32. The van der Waals surface area contributed by atoms with E-state index < -0.39 is 21.8 Å². The molecule has 0 aliphatic carbocycles. The molecule has 142 valence electrons. The Balaban J connectivity index is 1.86. The predicted molar refractivity (Wildman–Crippen MR) is 103 cm³/mol. The summed E-state index contributed by atoms with van der Waals surface area (Å²) in [4.78, 5) is 16.8. The fourth-order valence-corrected chi connectivity index (χ4v) is 3.51. The molecule has 1 unspecified atom stereocenters. The number of carbonyl (C=O) groups excluding carboxylic acids is 1. The fraction of sp³-hybridized carbons (Fsp3) is 0.222. The number of benzene rings is 1. The van der Waals surface area contributed by atoms with Crippen molar-refractivity contribution >= 4 is 38.2 Å². The first-order chi connectivity index (χ1) is 12.7. The molecule has 1 amide bonds. The third-order valence-corrected chi connectivity index (χ3v) is 5.61. The average molecular weight is 408 g/mol. The van der Waals surface area contributed by atoms with Gasteiger partial charge in [-0.2, -0.15) is 0 Å². The summed E-state index contributed by atoms with van der Waals surface area (Å²) in [5, 5.41) is 13.8. The lowest BCUT2D eigenvalue weighted by Gasteiger charge is -2.16. The zero-order valence-electron chi connectivity index (χ0n) is 14.7. The number of hydrogen-bond acceptors (Lipinski definition) is 5. The van der Waals surface area contributed by atoms with Crippen LogP contribution in [-0.4, -0.2) is 41.8 Å². The highest BCUT2D eigenvalue weighted by molar-refractivity contribution is 7.90. The van der Waals surface area contributed by atoms with E-state index in [2.05, 4.69) is 10.3 Å². The molecule has 0 aliphatic heterocycles. The van der Waals surface area contributed by atoms with Gasteiger partial charge in [0.1, 0.15) is 5.69 Å². The summed E-state index contributed by atoms with van der Waals surface area (Å²) < 4.78 is 24.8. The van der Waals surface area contributed by atoms with Crippen LogP contribution in [0.15, 0.2) is 47.5 Å². The highest BCUT2D eigenvalue weighted by Gasteiger charge is 2.20. The van der Waals surface area contributed by atoms with Gasteiger partial charge in [0.25, 0.3) is 5.91 Å². The first kappa shape index (κ1) is 19.3. The summed E-state index contributed by atoms with van der Waals surface area (Å²) in [5.41, 5.74) is 1.57. The Morgan fingerprint density at radius 2 is 2.04 bits per heavy atom. The topological polar surface area (TPSA) is 101 Å². The number of pyridine rings is 1. The Morgan fingerprint density at radius 1 is 1.30 bits per heavy atom. The maximum Gasteiger partial charge on any atom is 0.268 e. The van der Waals surface area contributed by atoms with E-state index in [-0.39, 0.29) is 11.5 Å². The Bertz CT molecular complexity index is 1110. The Labute approximate surface area is 161 Å². The molecule has 0 saturated carbocycles. The van der Waals surface area contributed by atoms with Crippen LogP contribution in [0.1, 0.15) is 22.2 Å². The molecule has 2 heterocycles. The van der Waals surface area contributed by atoms with Gasteiger partial charge in [0.2, 0.25) is 0 Å². The fourth-order valence-electron chi connectivity index (χ4n) is 2.78. The molecule has 1 aromatic carbocycles. The van der Waals surface area contributed by atoms with E-state index in [0.29, 0.717) is 16.4 Å². The zero-order chi connectivity index (χ0) is 19.8. The molecule has 0 spiro atoms. The maximum atomic E-state index is 12.7. The molecule has 3 aromatic rings. The summed E-state index contributed by atoms with van der Waals surface area (Å²) >= 11 is 6.01. The van der Waals surface area contributed by atoms with Gasteiger partial charge in [-0.05, 0) is 30.3 Å². The first-order valence-corrected chi connectivity index (χ1v) is 10.3. The summed E-state index contributed by atoms with van der Waals surface area (Å²) in [6.07, 6.45) is 2.29. The summed E-state index contributed by atoms with van der Waals surface area (Å²) in [5.74, 6) is -0.391. The van der Waals surface area contributed by atoms with Crippen molar-refractivity contribution in [2.45, 2.75) is 10.9 Å². The molecule has 0 radical (unpaired) electrons. The second kappa shape index (κ2) is 7.30. The van der Waals surface area contributed by atoms with Crippen LogP contribution in [0.5, 0.6) is 0 Å². The lowest BCUT2D eigenvalue weighted by atomic mass is 10.2. The van der Waals surface area contributed by atoms with Crippen molar-refractivity contribution < 1.29 is 18.3 Å². The van der Waals surface area contributed by atoms with Crippen LogP contribution in [0, 0.1) is 0 Å². The molecule has 0 saturated heterocycles. The van der Waals surface area contributed by atoms with Crippen LogP contribution in [0.4, 0.5) is 0 Å². The molecule has 0 fully saturated rings. The average Bonchev–Trinajstić information content (AvgIpc) is 2.95. The Kier molecular flexibility index (Phi) is 5.23. The minimum absolute atomic E-state index is 0.0693. The second-order valence-electron chi connectivity index (χ2n) is 6.19. The van der Waals surface area contributed by atoms with Gasteiger partial charge in [0.15, 0.2) is 9.84 Å². The van der Waals surface area contributed by atoms with Crippen LogP contribution < -0.4 is 5.32 Å². The molecule has 3 rings (SSSR count). The number of aliphatic hydroxyl groups is 1. The summed E-state index contributed by atoms with van der Waals surface area (Å²) in [6, 6.07) is 9.16. The number of nitrogens with zero attached hydrogens (tertiary/aromatic N) is 2. The number of amides is 1. The number of aliphatic hydroxyl groups excluding tert-OH is 1. The molecule has 0 aliphatic rings. The van der Waals surface area contributed by atoms with Gasteiger partial charge < -0.3 is 15.0 Å². The number of sulfone groups is 1. The molecule has 2 N–H and O–H groups in total. The van der Waals surface area contributed by atoms with Gasteiger partial charge in [-0.3, -0.25) is 9.78 Å². The van der Waals surface area contributed by atoms with Crippen molar-refractivity contribution in [2.75, 3.05) is 12.9 Å². The van der Waals surface area contributed by atoms with Gasteiger partial charge >= 0.3 is 0 Å². The van der Waals surface area contributed by atoms with E-state index in [1.165, 1.54) is 18.3 Å². The third-order valence-electron chi connectivity index (χ3n) is 4.27. The SMILES string of the molecule is Cn1c(C(=O)NC(CO)c2ccc(S(C)(=O)=O)cn2)cc2ccc(Cl)cc21. The minimum Gasteiger partial charge on any atom is -0.394 e. The van der Waals surface area contributed by atoms with Crippen LogP contribution in [0.3, 0.4) is 0 Å². The summed E-state index contributed by atoms with van der Waals surface area (Å²) in [7, 11) is -1.62. The minimum atomic E-state index is -3.37. The van der Waals surface area contributed by atoms with Crippen LogP contribution in [0.25, 0.3) is 10.9 Å². The van der Waals surface area contributed by atoms with Crippen molar-refractivity contribution in [2.24, 2.45) is 7.05 Å². The summed E-state index contributed by atoms with van der Waals surface area (Å²) in [6.45, 7) is -0.382. The van der Waals surface area contributed by atoms with Crippen LogP contribution >= 0.6 is 11.6 Å². The van der Waals surface area contributed by atoms with E-state index in [1.54, 1.807) is 29.8 Å². The predicted octanol–water partition coefficient (Wildman–Crippen LogP) is 2.09. The quantitative estimate of drug-likeness (QED) is 0.674. The smallest absolute Gasteiger partial charge is 0.268 e. The molecule has 1 atom stereocenters. The number of halogens is 1. The number of nitrogens with one attached hydrogen (secondary N) is 1. The largest absolute Gasteiger partial charge is 0.394 e. The van der Waals surface area contributed by atoms with Crippen LogP contribution in [-0.2, 0) is 16.9 Å². The number of rotatable bonds is 5. The van der Waals surface area contributed by atoms with E-state index in [1.807, 2.05) is 6.07 Å². The van der Waals surface area contributed by atoms with E-state index in [4.69, 9.17) is 11.6 Å². The van der Waals surface area contributed by atoms with E-state index >= 15 is 0 Å². The van der Waals surface area contributed by atoms with Crippen molar-refractivity contribution in [1.82, 2.24) is 14.9 Å². The van der Waals surface area contributed by atoms with Gasteiger partial charge in [0, 0.05) is 35.4 Å². The van der Waals surface area contributed by atoms with Crippen molar-refractivity contribution in [3.8, 4) is 0 Å². The van der Waals surface area contributed by atoms with Gasteiger partial charge in [-0.25, -0.2) is 8.42 Å². The van der Waals surface area contributed by atoms with Crippen molar-refractivity contribution in [3.63, 3.8) is 0 Å². The first-order valence-electron chi connectivity index (χ1n) is 8.03. The molecular weight excluding hydrogens is 390 g/mol. The molecule has 2 aromatic heterocycles. The van der Waals surface area contributed by atoms with Gasteiger partial charge in [0.05, 0.1) is 23.2 Å². The standard InChI is InChI=1S/C18H18ClN3O4S/c1-22-16-8-12(19)4-3-11(16)7-17(22)18(24)21-15(10-23)14-6-5-13(9-20-14)27(2,25)26/h3-9,15,23H,10H2,1-2H3,(H,21,24). The monoisotopic (exact) mass is 407 g/mol. The van der Waals surface area contributed by atoms with E-state index in [9.17, 15) is 18.3 Å². The normalized spacial score (nSPS) is 12.9. The molecular formula is C18H18ClN3O4S. The third kappa shape index (κ3) is 3.97. The highest BCUT2D eigenvalue weighted by Crippen LogP contribution is 2.23. The Hall–Kier alpha value is -2.42. The van der Waals surface area contributed by atoms with Crippen molar-refractivity contribution in [3.05, 3.63) is 59.0 Å². The molecule has 9 heteroatoms. The molecule has 0 bridgehead atoms. The number of aromatic nitrogens is 2. The molecule has 27 heavy (non-hydrogen) atoms. The number of hydrogen-bond donors (Lipinski definition) is 2. The van der Waals surface area contributed by atoms with Crippen molar-refractivity contribution in [1.29, 1.82) is 0 Å². The Morgan fingerprint density at radius 3 is 2.63 bits per heavy atom. The van der Waals surface area contributed by atoms with Crippen LogP contribution in [0.2, 0.25) is 5.02 Å². The maximum absolute atomic E-state index is 12.7. The van der Waals surface area contributed by atoms with Gasteiger partial charge in [-0.15, -0.1) is 0 Å². The number of fused-ring (bicyclic) bond motifs is 1. The number of aryl methyl sites for hydroxylation is 1.